The number of aromatic nitrogens is 3. The van der Waals surface area contributed by atoms with Gasteiger partial charge in [0.25, 0.3) is 5.56 Å². The van der Waals surface area contributed by atoms with Crippen LogP contribution in [-0.4, -0.2) is 15.0 Å². The second-order valence-corrected chi connectivity index (χ2v) is 7.27. The summed E-state index contributed by atoms with van der Waals surface area (Å²) in [6.45, 7) is 1.98. The van der Waals surface area contributed by atoms with Crippen LogP contribution >= 0.6 is 15.9 Å². The molecule has 1 aliphatic carbocycles. The van der Waals surface area contributed by atoms with Gasteiger partial charge < -0.3 is 10.3 Å². The van der Waals surface area contributed by atoms with E-state index in [1.165, 1.54) is 21.7 Å². The van der Waals surface area contributed by atoms with E-state index in [2.05, 4.69) is 54.4 Å². The Morgan fingerprint density at radius 3 is 2.96 bits per heavy atom. The molecule has 0 bridgehead atoms. The molecule has 2 aromatic heterocycles. The second-order valence-electron chi connectivity index (χ2n) is 6.41. The molecule has 0 amide bonds. The number of rotatable bonds is 4. The molecule has 2 heterocycles. The van der Waals surface area contributed by atoms with Gasteiger partial charge in [-0.3, -0.25) is 4.79 Å². The van der Waals surface area contributed by atoms with E-state index in [4.69, 9.17) is 0 Å². The Labute approximate surface area is 160 Å². The molecule has 0 saturated heterocycles. The van der Waals surface area contributed by atoms with Crippen LogP contribution in [-0.2, 0) is 12.8 Å². The van der Waals surface area contributed by atoms with Gasteiger partial charge in [0.15, 0.2) is 0 Å². The summed E-state index contributed by atoms with van der Waals surface area (Å²) in [5.41, 5.74) is 4.14. The van der Waals surface area contributed by atoms with Crippen molar-refractivity contribution in [3.8, 4) is 11.4 Å². The maximum Gasteiger partial charge on any atom is 0.251 e. The Kier molecular flexibility index (Phi) is 4.59. The van der Waals surface area contributed by atoms with Gasteiger partial charge in [-0.05, 0) is 48.6 Å². The molecule has 1 aromatic carbocycles. The molecule has 0 aliphatic heterocycles. The second kappa shape index (κ2) is 7.03. The van der Waals surface area contributed by atoms with Crippen molar-refractivity contribution in [2.75, 3.05) is 5.32 Å². The summed E-state index contributed by atoms with van der Waals surface area (Å²) in [5.74, 6) is 1.38. The maximum atomic E-state index is 11.8. The first-order chi connectivity index (χ1) is 12.6. The van der Waals surface area contributed by atoms with Crippen LogP contribution in [0.1, 0.15) is 36.2 Å². The lowest BCUT2D eigenvalue weighted by molar-refractivity contribution is 0.757. The normalized spacial score (nSPS) is 15.7. The Bertz CT molecular complexity index is 997. The van der Waals surface area contributed by atoms with E-state index >= 15 is 0 Å². The van der Waals surface area contributed by atoms with Crippen LogP contribution in [0.2, 0.25) is 0 Å². The molecule has 0 spiro atoms. The number of nitrogens with zero attached hydrogens (tertiary/aromatic N) is 2. The maximum absolute atomic E-state index is 11.8. The van der Waals surface area contributed by atoms with Crippen molar-refractivity contribution < 1.29 is 0 Å². The summed E-state index contributed by atoms with van der Waals surface area (Å²) in [6.07, 6.45) is 4.58. The van der Waals surface area contributed by atoms with Crippen LogP contribution in [0.5, 0.6) is 0 Å². The summed E-state index contributed by atoms with van der Waals surface area (Å²) in [5, 5.41) is 3.51. The summed E-state index contributed by atoms with van der Waals surface area (Å²) in [6, 6.07) is 12.0. The van der Waals surface area contributed by atoms with Gasteiger partial charge in [-0.15, -0.1) is 0 Å². The Morgan fingerprint density at radius 1 is 1.31 bits per heavy atom. The standard InChI is InChI=1S/C20H19BrN4O/c1-2-13-10-19(26)25-20(23-13)12-6-9-18(22-11-12)24-17-8-7-14-15(17)4-3-5-16(14)21/h3-6,9-11,17H,2,7-8H2,1H3,(H,22,24)(H,23,25,26). The first kappa shape index (κ1) is 17.0. The summed E-state index contributed by atoms with van der Waals surface area (Å²) in [7, 11) is 0. The highest BCUT2D eigenvalue weighted by Gasteiger charge is 2.24. The van der Waals surface area contributed by atoms with E-state index in [0.29, 0.717) is 5.82 Å². The fourth-order valence-electron chi connectivity index (χ4n) is 3.38. The molecule has 2 N–H and O–H groups in total. The van der Waals surface area contributed by atoms with Crippen molar-refractivity contribution in [2.45, 2.75) is 32.2 Å². The number of fused-ring (bicyclic) bond motifs is 1. The third-order valence-corrected chi connectivity index (χ3v) is 5.47. The van der Waals surface area contributed by atoms with E-state index in [1.807, 2.05) is 19.1 Å². The molecule has 6 heteroatoms. The van der Waals surface area contributed by atoms with E-state index in [1.54, 1.807) is 6.20 Å². The van der Waals surface area contributed by atoms with Crippen LogP contribution in [0.15, 0.2) is 51.9 Å². The van der Waals surface area contributed by atoms with Crippen molar-refractivity contribution in [1.82, 2.24) is 15.0 Å². The fraction of sp³-hybridized carbons (Fsp3) is 0.250. The average Bonchev–Trinajstić information content (AvgIpc) is 3.06. The fourth-order valence-corrected chi connectivity index (χ4v) is 3.96. The molecule has 0 fully saturated rings. The van der Waals surface area contributed by atoms with Crippen molar-refractivity contribution in [3.63, 3.8) is 0 Å². The SMILES string of the molecule is CCc1cc(=O)[nH]c(-c2ccc(NC3CCc4c(Br)cccc43)nc2)n1. The molecular weight excluding hydrogens is 392 g/mol. The highest BCUT2D eigenvalue weighted by molar-refractivity contribution is 9.10. The summed E-state index contributed by atoms with van der Waals surface area (Å²) in [4.78, 5) is 23.5. The number of benzene rings is 1. The monoisotopic (exact) mass is 410 g/mol. The molecule has 4 rings (SSSR count). The van der Waals surface area contributed by atoms with Crippen LogP contribution in [0.3, 0.4) is 0 Å². The number of aromatic amines is 1. The van der Waals surface area contributed by atoms with Gasteiger partial charge in [-0.1, -0.05) is 35.0 Å². The molecule has 5 nitrogen and oxygen atoms in total. The zero-order chi connectivity index (χ0) is 18.1. The van der Waals surface area contributed by atoms with Gasteiger partial charge in [-0.25, -0.2) is 9.97 Å². The average molecular weight is 411 g/mol. The molecule has 1 aliphatic rings. The first-order valence-corrected chi connectivity index (χ1v) is 9.54. The van der Waals surface area contributed by atoms with E-state index in [9.17, 15) is 4.79 Å². The number of pyridine rings is 1. The number of aryl methyl sites for hydroxylation is 1. The van der Waals surface area contributed by atoms with Gasteiger partial charge >= 0.3 is 0 Å². The third kappa shape index (κ3) is 3.29. The van der Waals surface area contributed by atoms with Gasteiger partial charge in [0.05, 0.1) is 6.04 Å². The topological polar surface area (TPSA) is 70.7 Å². The molecule has 1 atom stereocenters. The molecule has 26 heavy (non-hydrogen) atoms. The zero-order valence-corrected chi connectivity index (χ0v) is 16.0. The lowest BCUT2D eigenvalue weighted by atomic mass is 10.1. The van der Waals surface area contributed by atoms with E-state index in [0.717, 1.165) is 36.3 Å². The van der Waals surface area contributed by atoms with Crippen LogP contribution in [0.4, 0.5) is 5.82 Å². The molecule has 0 saturated carbocycles. The molecule has 3 aromatic rings. The van der Waals surface area contributed by atoms with E-state index < -0.39 is 0 Å². The van der Waals surface area contributed by atoms with E-state index in [-0.39, 0.29) is 11.6 Å². The highest BCUT2D eigenvalue weighted by atomic mass is 79.9. The number of hydrogen-bond acceptors (Lipinski definition) is 4. The lowest BCUT2D eigenvalue weighted by Gasteiger charge is -2.15. The van der Waals surface area contributed by atoms with Gasteiger partial charge in [0, 0.05) is 28.0 Å². The first-order valence-electron chi connectivity index (χ1n) is 8.74. The predicted molar refractivity (Wildman–Crippen MR) is 106 cm³/mol. The predicted octanol–water partition coefficient (Wildman–Crippen LogP) is 4.26. The van der Waals surface area contributed by atoms with Crippen LogP contribution in [0.25, 0.3) is 11.4 Å². The minimum atomic E-state index is -0.137. The Balaban J connectivity index is 1.56. The number of nitrogens with one attached hydrogen (secondary N) is 2. The smallest absolute Gasteiger partial charge is 0.251 e. The van der Waals surface area contributed by atoms with Crippen molar-refractivity contribution >= 4 is 21.7 Å². The van der Waals surface area contributed by atoms with Crippen molar-refractivity contribution in [2.24, 2.45) is 0 Å². The molecule has 132 valence electrons. The highest BCUT2D eigenvalue weighted by Crippen LogP contribution is 2.37. The quantitative estimate of drug-likeness (QED) is 0.673. The Morgan fingerprint density at radius 2 is 2.19 bits per heavy atom. The number of H-pyrrole nitrogens is 1. The largest absolute Gasteiger partial charge is 0.363 e. The van der Waals surface area contributed by atoms with Crippen LogP contribution < -0.4 is 10.9 Å². The van der Waals surface area contributed by atoms with Gasteiger partial charge in [0.2, 0.25) is 0 Å². The van der Waals surface area contributed by atoms with Crippen molar-refractivity contribution in [1.29, 1.82) is 0 Å². The summed E-state index contributed by atoms with van der Waals surface area (Å²) >= 11 is 3.63. The number of hydrogen-bond donors (Lipinski definition) is 2. The molecular formula is C20H19BrN4O. The third-order valence-electron chi connectivity index (χ3n) is 4.73. The van der Waals surface area contributed by atoms with Gasteiger partial charge in [-0.2, -0.15) is 0 Å². The van der Waals surface area contributed by atoms with Gasteiger partial charge in [0.1, 0.15) is 11.6 Å². The Hall–Kier alpha value is -2.47. The zero-order valence-electron chi connectivity index (χ0n) is 14.4. The summed E-state index contributed by atoms with van der Waals surface area (Å²) < 4.78 is 1.17. The van der Waals surface area contributed by atoms with Crippen molar-refractivity contribution in [3.05, 3.63) is 74.2 Å². The lowest BCUT2D eigenvalue weighted by Crippen LogP contribution is -2.10. The number of anilines is 1. The molecule has 1 unspecified atom stereocenters. The molecule has 0 radical (unpaired) electrons. The minimum absolute atomic E-state index is 0.137. The number of halogens is 1. The minimum Gasteiger partial charge on any atom is -0.363 e. The van der Waals surface area contributed by atoms with Crippen LogP contribution in [0, 0.1) is 0 Å².